The van der Waals surface area contributed by atoms with E-state index in [0.717, 1.165) is 37.7 Å². The molecule has 140 valence electrons. The summed E-state index contributed by atoms with van der Waals surface area (Å²) in [7, 11) is 0. The van der Waals surface area contributed by atoms with E-state index in [1.165, 1.54) is 5.56 Å². The zero-order valence-electron chi connectivity index (χ0n) is 15.4. The van der Waals surface area contributed by atoms with Crippen molar-refractivity contribution < 1.29 is 4.79 Å². The molecule has 0 saturated carbocycles. The summed E-state index contributed by atoms with van der Waals surface area (Å²) >= 11 is 6.06. The molecule has 0 radical (unpaired) electrons. The van der Waals surface area contributed by atoms with Crippen molar-refractivity contribution in [1.82, 2.24) is 9.80 Å². The zero-order chi connectivity index (χ0) is 19.2. The molecule has 1 saturated heterocycles. The fourth-order valence-corrected chi connectivity index (χ4v) is 3.51. The van der Waals surface area contributed by atoms with E-state index in [-0.39, 0.29) is 11.9 Å². The van der Waals surface area contributed by atoms with Crippen molar-refractivity contribution in [2.24, 2.45) is 0 Å². The van der Waals surface area contributed by atoms with Crippen molar-refractivity contribution in [3.8, 4) is 6.07 Å². The summed E-state index contributed by atoms with van der Waals surface area (Å²) in [6.45, 7) is 6.24. The quantitative estimate of drug-likeness (QED) is 0.861. The van der Waals surface area contributed by atoms with Gasteiger partial charge in [0.1, 0.15) is 6.07 Å². The van der Waals surface area contributed by atoms with Gasteiger partial charge in [0.15, 0.2) is 0 Å². The Morgan fingerprint density at radius 2 is 1.93 bits per heavy atom. The first-order valence-electron chi connectivity index (χ1n) is 9.07. The Kier molecular flexibility index (Phi) is 6.46. The molecule has 0 unspecified atom stereocenters. The lowest BCUT2D eigenvalue weighted by Crippen LogP contribution is -2.52. The number of nitrogens with zero attached hydrogens (tertiary/aromatic N) is 3. The summed E-state index contributed by atoms with van der Waals surface area (Å²) in [6.07, 6.45) is 0. The summed E-state index contributed by atoms with van der Waals surface area (Å²) in [6, 6.07) is 16.9. The number of anilines is 1. The molecule has 0 aliphatic carbocycles. The second-order valence-corrected chi connectivity index (χ2v) is 7.20. The van der Waals surface area contributed by atoms with Crippen molar-refractivity contribution >= 4 is 23.2 Å². The molecule has 6 heteroatoms. The summed E-state index contributed by atoms with van der Waals surface area (Å²) in [5, 5.41) is 12.8. The smallest absolute Gasteiger partial charge is 0.241 e. The molecule has 0 bridgehead atoms. The third kappa shape index (κ3) is 5.08. The van der Waals surface area contributed by atoms with Gasteiger partial charge < -0.3 is 5.32 Å². The Hall–Kier alpha value is -2.39. The monoisotopic (exact) mass is 382 g/mol. The largest absolute Gasteiger partial charge is 0.324 e. The second kappa shape index (κ2) is 9.01. The highest BCUT2D eigenvalue weighted by Gasteiger charge is 2.26. The number of carbonyl (C=O) groups excluding carboxylic acids is 1. The molecule has 27 heavy (non-hydrogen) atoms. The molecule has 2 aromatic carbocycles. The van der Waals surface area contributed by atoms with Crippen LogP contribution in [-0.2, 0) is 11.3 Å². The third-order valence-corrected chi connectivity index (χ3v) is 5.17. The molecule has 1 atom stereocenters. The van der Waals surface area contributed by atoms with Gasteiger partial charge in [0.25, 0.3) is 0 Å². The third-order valence-electron chi connectivity index (χ3n) is 4.93. The van der Waals surface area contributed by atoms with Gasteiger partial charge in [0, 0.05) is 37.7 Å². The molecule has 1 fully saturated rings. The first kappa shape index (κ1) is 19.4. The van der Waals surface area contributed by atoms with E-state index >= 15 is 0 Å². The van der Waals surface area contributed by atoms with E-state index in [4.69, 9.17) is 16.9 Å². The van der Waals surface area contributed by atoms with Crippen LogP contribution in [0.25, 0.3) is 0 Å². The van der Waals surface area contributed by atoms with Crippen LogP contribution in [0.5, 0.6) is 0 Å². The molecule has 1 aliphatic rings. The van der Waals surface area contributed by atoms with E-state index in [1.54, 1.807) is 18.2 Å². The summed E-state index contributed by atoms with van der Waals surface area (Å²) in [4.78, 5) is 17.2. The first-order valence-corrected chi connectivity index (χ1v) is 9.45. The van der Waals surface area contributed by atoms with E-state index in [2.05, 4.69) is 27.3 Å². The van der Waals surface area contributed by atoms with Crippen molar-refractivity contribution in [3.05, 3.63) is 64.7 Å². The first-order chi connectivity index (χ1) is 13.1. The van der Waals surface area contributed by atoms with Gasteiger partial charge in [-0.25, -0.2) is 0 Å². The molecule has 2 aromatic rings. The molecule has 0 spiro atoms. The van der Waals surface area contributed by atoms with Crippen molar-refractivity contribution in [3.63, 3.8) is 0 Å². The predicted octanol–water partition coefficient (Wildman–Crippen LogP) is 3.36. The van der Waals surface area contributed by atoms with Gasteiger partial charge in [-0.05, 0) is 36.8 Å². The minimum absolute atomic E-state index is 0.0824. The van der Waals surface area contributed by atoms with Crippen LogP contribution in [0.3, 0.4) is 0 Å². The Morgan fingerprint density at radius 3 is 2.63 bits per heavy atom. The van der Waals surface area contributed by atoms with Gasteiger partial charge >= 0.3 is 0 Å². The van der Waals surface area contributed by atoms with Crippen molar-refractivity contribution in [2.45, 2.75) is 19.5 Å². The van der Waals surface area contributed by atoms with Crippen LogP contribution in [0.4, 0.5) is 5.69 Å². The molecular formula is C21H23ClN4O. The van der Waals surface area contributed by atoms with E-state index in [9.17, 15) is 4.79 Å². The van der Waals surface area contributed by atoms with Crippen LogP contribution in [0, 0.1) is 11.3 Å². The van der Waals surface area contributed by atoms with Gasteiger partial charge in [-0.1, -0.05) is 35.9 Å². The number of halogens is 1. The number of amides is 1. The highest BCUT2D eigenvalue weighted by atomic mass is 35.5. The van der Waals surface area contributed by atoms with Crippen LogP contribution in [0.1, 0.15) is 18.1 Å². The number of nitrogens with one attached hydrogen (secondary N) is 1. The number of hydrogen-bond donors (Lipinski definition) is 1. The van der Waals surface area contributed by atoms with E-state index < -0.39 is 0 Å². The average molecular weight is 383 g/mol. The Balaban J connectivity index is 1.52. The number of nitriles is 1. The van der Waals surface area contributed by atoms with Gasteiger partial charge in [0.05, 0.1) is 17.3 Å². The summed E-state index contributed by atoms with van der Waals surface area (Å²) < 4.78 is 0. The lowest BCUT2D eigenvalue weighted by Gasteiger charge is -2.37. The minimum Gasteiger partial charge on any atom is -0.324 e. The highest BCUT2D eigenvalue weighted by molar-refractivity contribution is 6.30. The summed E-state index contributed by atoms with van der Waals surface area (Å²) in [5.74, 6) is -0.0824. The number of piperazine rings is 1. The van der Waals surface area contributed by atoms with Crippen molar-refractivity contribution in [1.29, 1.82) is 5.26 Å². The Bertz CT molecular complexity index is 840. The molecule has 0 aromatic heterocycles. The predicted molar refractivity (Wildman–Crippen MR) is 108 cm³/mol. The van der Waals surface area contributed by atoms with Gasteiger partial charge in [-0.2, -0.15) is 5.26 Å². The maximum Gasteiger partial charge on any atom is 0.241 e. The topological polar surface area (TPSA) is 59.4 Å². The minimum atomic E-state index is -0.245. The Morgan fingerprint density at radius 1 is 1.19 bits per heavy atom. The normalized spacial score (nSPS) is 16.5. The number of rotatable bonds is 5. The van der Waals surface area contributed by atoms with Crippen molar-refractivity contribution in [2.75, 3.05) is 31.5 Å². The average Bonchev–Trinajstić information content (AvgIpc) is 2.68. The number of carbonyl (C=O) groups is 1. The maximum atomic E-state index is 12.6. The molecule has 3 rings (SSSR count). The van der Waals surface area contributed by atoms with E-state index in [0.29, 0.717) is 11.3 Å². The van der Waals surface area contributed by atoms with Crippen LogP contribution in [-0.4, -0.2) is 47.9 Å². The summed E-state index contributed by atoms with van der Waals surface area (Å²) in [5.41, 5.74) is 2.25. The second-order valence-electron chi connectivity index (χ2n) is 6.76. The number of para-hydroxylation sites is 1. The Labute approximate surface area is 165 Å². The van der Waals surface area contributed by atoms with Gasteiger partial charge in [0.2, 0.25) is 5.91 Å². The molecule has 1 N–H and O–H groups in total. The van der Waals surface area contributed by atoms with Crippen LogP contribution >= 0.6 is 11.6 Å². The maximum absolute atomic E-state index is 12.6. The lowest BCUT2D eigenvalue weighted by atomic mass is 10.1. The zero-order valence-corrected chi connectivity index (χ0v) is 16.1. The highest BCUT2D eigenvalue weighted by Crippen LogP contribution is 2.17. The molecule has 1 amide bonds. The van der Waals surface area contributed by atoms with E-state index in [1.807, 2.05) is 31.2 Å². The molecule has 1 aliphatic heterocycles. The van der Waals surface area contributed by atoms with Crippen LogP contribution in [0.15, 0.2) is 48.5 Å². The molecule has 1 heterocycles. The number of benzene rings is 2. The molecular weight excluding hydrogens is 360 g/mol. The van der Waals surface area contributed by atoms with Gasteiger partial charge in [-0.3, -0.25) is 14.6 Å². The SMILES string of the molecule is C[C@H](C(=O)Nc1ccccc1C#N)N1CCN(Cc2cccc(Cl)c2)CC1. The van der Waals surface area contributed by atoms with Gasteiger partial charge in [-0.15, -0.1) is 0 Å². The standard InChI is InChI=1S/C21H23ClN4O/c1-16(21(27)24-20-8-3-2-6-18(20)14-23)26-11-9-25(10-12-26)15-17-5-4-7-19(22)13-17/h2-8,13,16H,9-12,15H2,1H3,(H,24,27)/t16-/m1/s1. The van der Waals surface area contributed by atoms with Crippen LogP contribution in [0.2, 0.25) is 5.02 Å². The lowest BCUT2D eigenvalue weighted by molar-refractivity contribution is -0.121. The molecule has 5 nitrogen and oxygen atoms in total. The van der Waals surface area contributed by atoms with Crippen LogP contribution < -0.4 is 5.32 Å². The number of hydrogen-bond acceptors (Lipinski definition) is 4. The fraction of sp³-hybridized carbons (Fsp3) is 0.333. The fourth-order valence-electron chi connectivity index (χ4n) is 3.29.